The predicted molar refractivity (Wildman–Crippen MR) is 177 cm³/mol. The third kappa shape index (κ3) is 10.7. The predicted octanol–water partition coefficient (Wildman–Crippen LogP) is 7.33. The number of carboxylic acid groups (broad SMARTS) is 1. The van der Waals surface area contributed by atoms with E-state index in [2.05, 4.69) is 0 Å². The first kappa shape index (κ1) is 39.9. The van der Waals surface area contributed by atoms with E-state index in [1.54, 1.807) is 51.1 Å². The van der Waals surface area contributed by atoms with E-state index >= 15 is 4.39 Å². The average Bonchev–Trinajstić information content (AvgIpc) is 3.33. The smallest absolute Gasteiger partial charge is 0.471 e. The Balaban J connectivity index is 2.19. The molecule has 1 atom stereocenters. The SMILES string of the molecule is CC(C)CCN(C[C@H]1Cc2c(cc(OCc3ccccc3)c(N(CC(=O)OC(C)(C)C)C(=O)C(F)(F)F)c2F)N1C(=O)O)C(=O)OC(C)(C)C. The Labute approximate surface area is 289 Å². The van der Waals surface area contributed by atoms with Crippen LogP contribution in [0.4, 0.5) is 38.5 Å². The van der Waals surface area contributed by atoms with E-state index in [1.165, 1.54) is 25.7 Å². The molecule has 0 aromatic heterocycles. The molecule has 0 fully saturated rings. The number of hydrogen-bond acceptors (Lipinski definition) is 7. The van der Waals surface area contributed by atoms with Gasteiger partial charge in [0.15, 0.2) is 5.82 Å². The Morgan fingerprint density at radius 1 is 0.980 bits per heavy atom. The van der Waals surface area contributed by atoms with E-state index in [0.717, 1.165) is 11.0 Å². The Hall–Kier alpha value is -4.56. The number of benzene rings is 2. The minimum absolute atomic E-state index is 0.0991. The molecule has 2 aromatic rings. The molecule has 3 amide bonds. The summed E-state index contributed by atoms with van der Waals surface area (Å²) in [6.07, 6.45) is -7.67. The maximum absolute atomic E-state index is 16.8. The summed E-state index contributed by atoms with van der Waals surface area (Å²) in [5.74, 6) is -5.69. The number of ether oxygens (including phenoxy) is 3. The Kier molecular flexibility index (Phi) is 12.4. The van der Waals surface area contributed by atoms with Crippen LogP contribution in [0.15, 0.2) is 36.4 Å². The van der Waals surface area contributed by atoms with Gasteiger partial charge >= 0.3 is 30.2 Å². The molecule has 50 heavy (non-hydrogen) atoms. The summed E-state index contributed by atoms with van der Waals surface area (Å²) in [4.78, 5) is 53.6. The van der Waals surface area contributed by atoms with Crippen molar-refractivity contribution in [1.29, 1.82) is 0 Å². The average molecular weight is 712 g/mol. The van der Waals surface area contributed by atoms with Crippen molar-refractivity contribution in [3.05, 3.63) is 53.3 Å². The van der Waals surface area contributed by atoms with Crippen LogP contribution in [0.5, 0.6) is 5.75 Å². The van der Waals surface area contributed by atoms with Crippen LogP contribution in [0.25, 0.3) is 0 Å². The normalized spacial score (nSPS) is 14.7. The van der Waals surface area contributed by atoms with Crippen LogP contribution in [0.3, 0.4) is 0 Å². The van der Waals surface area contributed by atoms with Crippen molar-refractivity contribution in [3.63, 3.8) is 0 Å². The summed E-state index contributed by atoms with van der Waals surface area (Å²) in [7, 11) is 0. The molecule has 276 valence electrons. The number of rotatable bonds is 11. The van der Waals surface area contributed by atoms with E-state index in [9.17, 15) is 37.5 Å². The lowest BCUT2D eigenvalue weighted by Gasteiger charge is -2.32. The number of fused-ring (bicyclic) bond motifs is 1. The molecule has 0 unspecified atom stereocenters. The lowest BCUT2D eigenvalue weighted by molar-refractivity contribution is -0.171. The summed E-state index contributed by atoms with van der Waals surface area (Å²) >= 11 is 0. The minimum Gasteiger partial charge on any atom is -0.487 e. The van der Waals surface area contributed by atoms with Crippen molar-refractivity contribution >= 4 is 35.4 Å². The number of anilines is 2. The summed E-state index contributed by atoms with van der Waals surface area (Å²) in [6.45, 7) is 11.5. The monoisotopic (exact) mass is 711 g/mol. The van der Waals surface area contributed by atoms with Gasteiger partial charge in [0.1, 0.15) is 35.8 Å². The van der Waals surface area contributed by atoms with Crippen molar-refractivity contribution < 1.29 is 56.1 Å². The van der Waals surface area contributed by atoms with Crippen molar-refractivity contribution in [2.75, 3.05) is 29.4 Å². The molecule has 0 saturated heterocycles. The second-order valence-electron chi connectivity index (χ2n) is 14.4. The molecule has 0 radical (unpaired) electrons. The number of amides is 3. The number of carbonyl (C=O) groups excluding carboxylic acids is 3. The van der Waals surface area contributed by atoms with Gasteiger partial charge in [0, 0.05) is 31.1 Å². The van der Waals surface area contributed by atoms with E-state index < -0.39 is 71.3 Å². The van der Waals surface area contributed by atoms with E-state index in [0.29, 0.717) is 12.0 Å². The number of alkyl halides is 3. The summed E-state index contributed by atoms with van der Waals surface area (Å²) in [5, 5.41) is 10.3. The molecule has 2 aromatic carbocycles. The first-order valence-corrected chi connectivity index (χ1v) is 16.1. The summed E-state index contributed by atoms with van der Waals surface area (Å²) in [6, 6.07) is 8.22. The molecule has 3 rings (SSSR count). The molecule has 1 heterocycles. The molecule has 0 bridgehead atoms. The lowest BCUT2D eigenvalue weighted by Crippen LogP contribution is -2.48. The Morgan fingerprint density at radius 2 is 1.58 bits per heavy atom. The van der Waals surface area contributed by atoms with E-state index in [-0.39, 0.29) is 48.2 Å². The zero-order valence-corrected chi connectivity index (χ0v) is 29.5. The van der Waals surface area contributed by atoms with Crippen molar-refractivity contribution in [2.24, 2.45) is 5.92 Å². The van der Waals surface area contributed by atoms with Crippen LogP contribution >= 0.6 is 0 Å². The van der Waals surface area contributed by atoms with Crippen molar-refractivity contribution in [1.82, 2.24) is 4.90 Å². The maximum Gasteiger partial charge on any atom is 0.471 e. The molecule has 1 aliphatic rings. The number of hydrogen-bond donors (Lipinski definition) is 1. The van der Waals surface area contributed by atoms with Gasteiger partial charge in [-0.2, -0.15) is 13.2 Å². The fourth-order valence-electron chi connectivity index (χ4n) is 5.24. The molecule has 0 spiro atoms. The number of carbonyl (C=O) groups is 4. The Bertz CT molecular complexity index is 1550. The fraction of sp³-hybridized carbons (Fsp3) is 0.543. The van der Waals surface area contributed by atoms with Gasteiger partial charge in [-0.1, -0.05) is 44.2 Å². The molecule has 15 heteroatoms. The van der Waals surface area contributed by atoms with Gasteiger partial charge in [-0.25, -0.2) is 14.0 Å². The standard InChI is InChI=1S/C35H45F4N3O8/c1-21(2)14-15-40(32(47)50-34(6,7)8)18-23-16-24-25(42(23)31(45)46)17-26(48-20-22-12-10-9-11-13-22)29(28(24)36)41(30(44)35(37,38)39)19-27(43)49-33(3,4)5/h9-13,17,21,23H,14-16,18-20H2,1-8H3,(H,45,46)/t23-/m1/s1. The minimum atomic E-state index is -5.55. The van der Waals surface area contributed by atoms with Crippen molar-refractivity contribution in [2.45, 2.75) is 98.3 Å². The van der Waals surface area contributed by atoms with Gasteiger partial charge in [0.25, 0.3) is 0 Å². The fourth-order valence-corrected chi connectivity index (χ4v) is 5.24. The van der Waals surface area contributed by atoms with Crippen LogP contribution in [0.1, 0.15) is 72.9 Å². The molecule has 1 aliphatic heterocycles. The highest BCUT2D eigenvalue weighted by Crippen LogP contribution is 2.45. The first-order chi connectivity index (χ1) is 23.0. The highest BCUT2D eigenvalue weighted by atomic mass is 19.4. The summed E-state index contributed by atoms with van der Waals surface area (Å²) < 4.78 is 75.4. The third-order valence-corrected chi connectivity index (χ3v) is 7.31. The first-order valence-electron chi connectivity index (χ1n) is 16.1. The molecular weight excluding hydrogens is 666 g/mol. The van der Waals surface area contributed by atoms with Gasteiger partial charge in [0.05, 0.1) is 11.7 Å². The van der Waals surface area contributed by atoms with E-state index in [4.69, 9.17) is 14.2 Å². The highest BCUT2D eigenvalue weighted by molar-refractivity contribution is 6.03. The van der Waals surface area contributed by atoms with Gasteiger partial charge in [-0.15, -0.1) is 0 Å². The zero-order valence-electron chi connectivity index (χ0n) is 29.5. The topological polar surface area (TPSA) is 126 Å². The number of halogens is 4. The lowest BCUT2D eigenvalue weighted by atomic mass is 10.1. The second kappa shape index (κ2) is 15.5. The summed E-state index contributed by atoms with van der Waals surface area (Å²) in [5.41, 5.74) is -3.13. The Morgan fingerprint density at radius 3 is 2.10 bits per heavy atom. The van der Waals surface area contributed by atoms with Crippen molar-refractivity contribution in [3.8, 4) is 5.75 Å². The van der Waals surface area contributed by atoms with Crippen LogP contribution in [0.2, 0.25) is 0 Å². The van der Waals surface area contributed by atoms with Crippen LogP contribution in [0, 0.1) is 11.7 Å². The third-order valence-electron chi connectivity index (χ3n) is 7.31. The van der Waals surface area contributed by atoms with Crippen LogP contribution in [-0.2, 0) is 32.1 Å². The molecule has 0 saturated carbocycles. The largest absolute Gasteiger partial charge is 0.487 e. The second-order valence-corrected chi connectivity index (χ2v) is 14.4. The zero-order chi connectivity index (χ0) is 37.8. The molecular formula is C35H45F4N3O8. The van der Waals surface area contributed by atoms with Gasteiger partial charge in [-0.3, -0.25) is 19.4 Å². The number of nitrogens with zero attached hydrogens (tertiary/aromatic N) is 3. The molecule has 1 N–H and O–H groups in total. The van der Waals surface area contributed by atoms with E-state index in [1.807, 2.05) is 13.8 Å². The quantitative estimate of drug-likeness (QED) is 0.190. The number of esters is 1. The highest BCUT2D eigenvalue weighted by Gasteiger charge is 2.47. The van der Waals surface area contributed by atoms with Gasteiger partial charge in [0.2, 0.25) is 0 Å². The molecule has 11 nitrogen and oxygen atoms in total. The van der Waals surface area contributed by atoms with Gasteiger partial charge < -0.3 is 24.2 Å². The van der Waals surface area contributed by atoms with Gasteiger partial charge in [-0.05, 0) is 59.4 Å². The van der Waals surface area contributed by atoms with Crippen LogP contribution < -0.4 is 14.5 Å². The van der Waals surface area contributed by atoms with Crippen LogP contribution in [-0.4, -0.2) is 77.1 Å². The molecule has 0 aliphatic carbocycles. The maximum atomic E-state index is 16.8.